The summed E-state index contributed by atoms with van der Waals surface area (Å²) >= 11 is 1.49. The third-order valence-corrected chi connectivity index (χ3v) is 3.83. The van der Waals surface area contributed by atoms with Crippen molar-refractivity contribution < 1.29 is 4.92 Å². The molecule has 2 N–H and O–H groups in total. The number of aryl methyl sites for hydroxylation is 2. The molecule has 2 aromatic rings. The van der Waals surface area contributed by atoms with Crippen molar-refractivity contribution in [2.24, 2.45) is 0 Å². The third kappa shape index (κ3) is 3.26. The molecule has 98 valence electrons. The van der Waals surface area contributed by atoms with Crippen LogP contribution in [0.15, 0.2) is 46.2 Å². The smallest absolute Gasteiger partial charge is 0.272 e. The van der Waals surface area contributed by atoms with E-state index in [2.05, 4.69) is 6.07 Å². The molecule has 4 nitrogen and oxygen atoms in total. The van der Waals surface area contributed by atoms with Gasteiger partial charge in [-0.25, -0.2) is 0 Å². The van der Waals surface area contributed by atoms with Crippen LogP contribution in [0.3, 0.4) is 0 Å². The second-order valence-electron chi connectivity index (χ2n) is 4.39. The first-order valence-electron chi connectivity index (χ1n) is 5.76. The van der Waals surface area contributed by atoms with Gasteiger partial charge in [0.15, 0.2) is 0 Å². The van der Waals surface area contributed by atoms with Crippen molar-refractivity contribution in [3.8, 4) is 0 Å². The van der Waals surface area contributed by atoms with Gasteiger partial charge in [-0.3, -0.25) is 10.1 Å². The number of anilines is 1. The molecular formula is C14H14N2O2S. The zero-order valence-electron chi connectivity index (χ0n) is 10.7. The maximum absolute atomic E-state index is 10.8. The van der Waals surface area contributed by atoms with E-state index >= 15 is 0 Å². The van der Waals surface area contributed by atoms with Crippen LogP contribution in [0, 0.1) is 24.0 Å². The van der Waals surface area contributed by atoms with Gasteiger partial charge in [-0.05, 0) is 37.1 Å². The van der Waals surface area contributed by atoms with Gasteiger partial charge in [0.25, 0.3) is 5.69 Å². The summed E-state index contributed by atoms with van der Waals surface area (Å²) in [6.45, 7) is 4.04. The quantitative estimate of drug-likeness (QED) is 0.523. The highest BCUT2D eigenvalue weighted by Crippen LogP contribution is 2.34. The Bertz CT molecular complexity index is 641. The van der Waals surface area contributed by atoms with Crippen molar-refractivity contribution in [2.75, 3.05) is 5.73 Å². The fourth-order valence-corrected chi connectivity index (χ4v) is 2.82. The summed E-state index contributed by atoms with van der Waals surface area (Å²) in [6.07, 6.45) is 0. The van der Waals surface area contributed by atoms with Crippen LogP contribution in [-0.4, -0.2) is 4.92 Å². The van der Waals surface area contributed by atoms with Gasteiger partial charge < -0.3 is 5.73 Å². The monoisotopic (exact) mass is 274 g/mol. The van der Waals surface area contributed by atoms with E-state index in [4.69, 9.17) is 5.73 Å². The molecule has 5 heteroatoms. The van der Waals surface area contributed by atoms with E-state index in [-0.39, 0.29) is 5.69 Å². The molecule has 0 amide bonds. The lowest BCUT2D eigenvalue weighted by Gasteiger charge is -2.07. The molecule has 0 fully saturated rings. The van der Waals surface area contributed by atoms with E-state index in [1.807, 2.05) is 26.0 Å². The highest BCUT2D eigenvalue weighted by atomic mass is 32.2. The van der Waals surface area contributed by atoms with Gasteiger partial charge in [-0.1, -0.05) is 23.9 Å². The number of nitro benzene ring substituents is 1. The first kappa shape index (κ1) is 13.4. The molecule has 0 saturated heterocycles. The number of nitrogens with zero attached hydrogens (tertiary/aromatic N) is 1. The molecule has 2 aromatic carbocycles. The van der Waals surface area contributed by atoms with Crippen LogP contribution in [0.25, 0.3) is 0 Å². The summed E-state index contributed by atoms with van der Waals surface area (Å²) in [7, 11) is 0. The van der Waals surface area contributed by atoms with Crippen molar-refractivity contribution in [1.29, 1.82) is 0 Å². The lowest BCUT2D eigenvalue weighted by molar-refractivity contribution is -0.385. The van der Waals surface area contributed by atoms with Gasteiger partial charge in [-0.15, -0.1) is 0 Å². The molecule has 0 heterocycles. The molecule has 0 unspecified atom stereocenters. The Morgan fingerprint density at radius 3 is 2.58 bits per heavy atom. The molecule has 0 atom stereocenters. The van der Waals surface area contributed by atoms with Crippen LogP contribution in [0.4, 0.5) is 11.4 Å². The number of nitro groups is 1. The molecular weight excluding hydrogens is 260 g/mol. The Hall–Kier alpha value is -2.01. The topological polar surface area (TPSA) is 69.2 Å². The highest BCUT2D eigenvalue weighted by Gasteiger charge is 2.10. The Morgan fingerprint density at radius 1 is 1.16 bits per heavy atom. The van der Waals surface area contributed by atoms with Crippen molar-refractivity contribution in [3.63, 3.8) is 0 Å². The molecule has 0 saturated carbocycles. The summed E-state index contributed by atoms with van der Waals surface area (Å²) in [4.78, 5) is 12.3. The van der Waals surface area contributed by atoms with E-state index in [0.29, 0.717) is 5.69 Å². The predicted octanol–water partition coefficient (Wildman–Crippen LogP) is 3.95. The van der Waals surface area contributed by atoms with E-state index in [1.54, 1.807) is 12.1 Å². The van der Waals surface area contributed by atoms with Gasteiger partial charge in [0, 0.05) is 27.6 Å². The standard InChI is InChI=1S/C14H14N2O2S/c1-9-3-4-10(2)14(5-9)19-13-7-11(15)6-12(8-13)16(17)18/h3-8H,15H2,1-2H3. The number of hydrogen-bond acceptors (Lipinski definition) is 4. The number of hydrogen-bond donors (Lipinski definition) is 1. The van der Waals surface area contributed by atoms with Crippen LogP contribution < -0.4 is 5.73 Å². The van der Waals surface area contributed by atoms with Crippen LogP contribution >= 0.6 is 11.8 Å². The maximum Gasteiger partial charge on any atom is 0.272 e. The second kappa shape index (κ2) is 5.32. The van der Waals surface area contributed by atoms with Gasteiger partial charge >= 0.3 is 0 Å². The van der Waals surface area contributed by atoms with Crippen LogP contribution in [0.1, 0.15) is 11.1 Å². The highest BCUT2D eigenvalue weighted by molar-refractivity contribution is 7.99. The Balaban J connectivity index is 2.38. The van der Waals surface area contributed by atoms with Crippen LogP contribution in [0.5, 0.6) is 0 Å². The van der Waals surface area contributed by atoms with Crippen molar-refractivity contribution in [3.05, 3.63) is 57.6 Å². The van der Waals surface area contributed by atoms with Crippen LogP contribution in [0.2, 0.25) is 0 Å². The number of non-ortho nitro benzene ring substituents is 1. The summed E-state index contributed by atoms with van der Waals surface area (Å²) in [5, 5.41) is 10.8. The molecule has 0 aliphatic rings. The largest absolute Gasteiger partial charge is 0.398 e. The minimum absolute atomic E-state index is 0.0211. The van der Waals surface area contributed by atoms with Gasteiger partial charge in [0.2, 0.25) is 0 Å². The van der Waals surface area contributed by atoms with Crippen molar-refractivity contribution >= 4 is 23.1 Å². The number of nitrogens with two attached hydrogens (primary N) is 1. The van der Waals surface area contributed by atoms with E-state index in [0.717, 1.165) is 20.9 Å². The SMILES string of the molecule is Cc1ccc(C)c(Sc2cc(N)cc([N+](=O)[O-])c2)c1. The van der Waals surface area contributed by atoms with E-state index < -0.39 is 4.92 Å². The minimum atomic E-state index is -0.427. The summed E-state index contributed by atoms with van der Waals surface area (Å²) in [5.41, 5.74) is 8.43. The zero-order valence-corrected chi connectivity index (χ0v) is 11.5. The molecule has 2 rings (SSSR count). The average Bonchev–Trinajstić information content (AvgIpc) is 2.33. The maximum atomic E-state index is 10.8. The summed E-state index contributed by atoms with van der Waals surface area (Å²) in [5.74, 6) is 0. The predicted molar refractivity (Wildman–Crippen MR) is 77.5 cm³/mol. The minimum Gasteiger partial charge on any atom is -0.398 e. The molecule has 0 radical (unpaired) electrons. The fourth-order valence-electron chi connectivity index (χ4n) is 1.71. The molecule has 0 bridgehead atoms. The molecule has 0 aliphatic carbocycles. The Kier molecular flexibility index (Phi) is 3.76. The van der Waals surface area contributed by atoms with E-state index in [9.17, 15) is 10.1 Å². The molecule has 0 spiro atoms. The Morgan fingerprint density at radius 2 is 1.89 bits per heavy atom. The molecule has 0 aliphatic heterocycles. The summed E-state index contributed by atoms with van der Waals surface area (Å²) < 4.78 is 0. The summed E-state index contributed by atoms with van der Waals surface area (Å²) in [6, 6.07) is 10.8. The lowest BCUT2D eigenvalue weighted by atomic mass is 10.2. The fraction of sp³-hybridized carbons (Fsp3) is 0.143. The first-order valence-corrected chi connectivity index (χ1v) is 6.57. The third-order valence-electron chi connectivity index (χ3n) is 2.70. The van der Waals surface area contributed by atoms with Gasteiger partial charge in [0.05, 0.1) is 4.92 Å². The van der Waals surface area contributed by atoms with Crippen molar-refractivity contribution in [1.82, 2.24) is 0 Å². The normalized spacial score (nSPS) is 10.4. The molecule has 0 aromatic heterocycles. The Labute approximate surface area is 115 Å². The second-order valence-corrected chi connectivity index (χ2v) is 5.50. The number of nitrogen functional groups attached to an aromatic ring is 1. The van der Waals surface area contributed by atoms with Gasteiger partial charge in [-0.2, -0.15) is 0 Å². The van der Waals surface area contributed by atoms with Gasteiger partial charge in [0.1, 0.15) is 0 Å². The number of rotatable bonds is 3. The molecule has 19 heavy (non-hydrogen) atoms. The average molecular weight is 274 g/mol. The van der Waals surface area contributed by atoms with E-state index in [1.165, 1.54) is 17.8 Å². The van der Waals surface area contributed by atoms with Crippen molar-refractivity contribution in [2.45, 2.75) is 23.6 Å². The van der Waals surface area contributed by atoms with Crippen LogP contribution in [-0.2, 0) is 0 Å². The lowest BCUT2D eigenvalue weighted by Crippen LogP contribution is -1.92. The first-order chi connectivity index (χ1) is 8.95. The zero-order chi connectivity index (χ0) is 14.0. The number of benzene rings is 2.